The van der Waals surface area contributed by atoms with Crippen LogP contribution in [0.1, 0.15) is 31.2 Å². The maximum absolute atomic E-state index is 12.8. The molecule has 0 aromatic heterocycles. The molecule has 0 saturated heterocycles. The lowest BCUT2D eigenvalue weighted by Gasteiger charge is -2.18. The van der Waals surface area contributed by atoms with Crippen molar-refractivity contribution in [1.29, 1.82) is 0 Å². The van der Waals surface area contributed by atoms with E-state index < -0.39 is 0 Å². The van der Waals surface area contributed by atoms with Crippen LogP contribution in [0, 0.1) is 0 Å². The molecule has 2 rings (SSSR count). The highest BCUT2D eigenvalue weighted by atomic mass is 16.5. The molecular formula is C19H23NO3. The Balaban J connectivity index is 2.25. The van der Waals surface area contributed by atoms with Gasteiger partial charge >= 0.3 is 0 Å². The molecule has 4 heteroatoms. The van der Waals surface area contributed by atoms with Crippen molar-refractivity contribution in [2.24, 2.45) is 0 Å². The molecule has 4 nitrogen and oxygen atoms in total. The lowest BCUT2D eigenvalue weighted by Crippen LogP contribution is -2.21. The molecule has 0 aliphatic carbocycles. The Kier molecular flexibility index (Phi) is 6.03. The second-order valence-corrected chi connectivity index (χ2v) is 5.31. The minimum Gasteiger partial charge on any atom is -0.497 e. The Bertz CT molecular complexity index is 640. The van der Waals surface area contributed by atoms with Crippen LogP contribution in [0.4, 0.5) is 5.69 Å². The molecule has 1 N–H and O–H groups in total. The standard InChI is InChI=1S/C19H23NO3/c1-4-8-16(14-9-6-5-7-10-14)19(21)20-17-13-15(22-2)11-12-18(17)23-3/h5-7,9-13,16H,4,8H2,1-3H3,(H,20,21). The maximum atomic E-state index is 12.8. The first kappa shape index (κ1) is 16.9. The number of rotatable bonds is 7. The molecule has 0 bridgehead atoms. The van der Waals surface area contributed by atoms with E-state index in [0.29, 0.717) is 17.2 Å². The summed E-state index contributed by atoms with van der Waals surface area (Å²) in [4.78, 5) is 12.8. The monoisotopic (exact) mass is 313 g/mol. The van der Waals surface area contributed by atoms with Crippen molar-refractivity contribution in [2.45, 2.75) is 25.7 Å². The van der Waals surface area contributed by atoms with Crippen LogP contribution in [0.2, 0.25) is 0 Å². The number of nitrogens with one attached hydrogen (secondary N) is 1. The number of amides is 1. The lowest BCUT2D eigenvalue weighted by atomic mass is 9.93. The van der Waals surface area contributed by atoms with Gasteiger partial charge in [-0.05, 0) is 24.1 Å². The van der Waals surface area contributed by atoms with Gasteiger partial charge < -0.3 is 14.8 Å². The van der Waals surface area contributed by atoms with Crippen molar-refractivity contribution < 1.29 is 14.3 Å². The van der Waals surface area contributed by atoms with Crippen molar-refractivity contribution in [3.05, 3.63) is 54.1 Å². The van der Waals surface area contributed by atoms with E-state index >= 15 is 0 Å². The number of hydrogen-bond acceptors (Lipinski definition) is 3. The van der Waals surface area contributed by atoms with Gasteiger partial charge in [-0.15, -0.1) is 0 Å². The van der Waals surface area contributed by atoms with E-state index in [1.165, 1.54) is 0 Å². The zero-order chi connectivity index (χ0) is 16.7. The third-order valence-electron chi connectivity index (χ3n) is 3.76. The van der Waals surface area contributed by atoms with E-state index in [2.05, 4.69) is 12.2 Å². The fourth-order valence-electron chi connectivity index (χ4n) is 2.55. The summed E-state index contributed by atoms with van der Waals surface area (Å²) in [6.07, 6.45) is 1.73. The molecule has 0 heterocycles. The predicted octanol–water partition coefficient (Wildman–Crippen LogP) is 4.23. The second-order valence-electron chi connectivity index (χ2n) is 5.31. The van der Waals surface area contributed by atoms with Gasteiger partial charge in [0.15, 0.2) is 0 Å². The Morgan fingerprint density at radius 2 is 1.83 bits per heavy atom. The average molecular weight is 313 g/mol. The van der Waals surface area contributed by atoms with Crippen LogP contribution < -0.4 is 14.8 Å². The molecule has 0 spiro atoms. The first-order chi connectivity index (χ1) is 11.2. The van der Waals surface area contributed by atoms with E-state index in [4.69, 9.17) is 9.47 Å². The van der Waals surface area contributed by atoms with Crippen LogP contribution in [0.15, 0.2) is 48.5 Å². The number of methoxy groups -OCH3 is 2. The normalized spacial score (nSPS) is 11.6. The van der Waals surface area contributed by atoms with Gasteiger partial charge in [-0.1, -0.05) is 43.7 Å². The van der Waals surface area contributed by atoms with Gasteiger partial charge in [0.2, 0.25) is 5.91 Å². The first-order valence-corrected chi connectivity index (χ1v) is 7.77. The fraction of sp³-hybridized carbons (Fsp3) is 0.316. The molecule has 1 unspecified atom stereocenters. The first-order valence-electron chi connectivity index (χ1n) is 7.77. The number of anilines is 1. The molecule has 0 fully saturated rings. The SMILES string of the molecule is CCCC(C(=O)Nc1cc(OC)ccc1OC)c1ccccc1. The van der Waals surface area contributed by atoms with E-state index in [9.17, 15) is 4.79 Å². The maximum Gasteiger partial charge on any atom is 0.232 e. The Morgan fingerprint density at radius 1 is 1.09 bits per heavy atom. The summed E-state index contributed by atoms with van der Waals surface area (Å²) in [6.45, 7) is 2.08. The highest BCUT2D eigenvalue weighted by Crippen LogP contribution is 2.31. The van der Waals surface area contributed by atoms with Crippen molar-refractivity contribution in [2.75, 3.05) is 19.5 Å². The van der Waals surface area contributed by atoms with Crippen LogP contribution >= 0.6 is 0 Å². The molecule has 1 amide bonds. The summed E-state index contributed by atoms with van der Waals surface area (Å²) in [5.74, 6) is 1.07. The van der Waals surface area contributed by atoms with Gasteiger partial charge in [0, 0.05) is 6.07 Å². The van der Waals surface area contributed by atoms with Crippen molar-refractivity contribution >= 4 is 11.6 Å². The number of carbonyl (C=O) groups excluding carboxylic acids is 1. The summed E-state index contributed by atoms with van der Waals surface area (Å²) in [6, 6.07) is 15.2. The smallest absolute Gasteiger partial charge is 0.232 e. The predicted molar refractivity (Wildman–Crippen MR) is 92.3 cm³/mol. The average Bonchev–Trinajstić information content (AvgIpc) is 2.60. The largest absolute Gasteiger partial charge is 0.497 e. The number of carbonyl (C=O) groups is 1. The van der Waals surface area contributed by atoms with Crippen molar-refractivity contribution in [1.82, 2.24) is 0 Å². The molecule has 0 radical (unpaired) electrons. The Hall–Kier alpha value is -2.49. The third-order valence-corrected chi connectivity index (χ3v) is 3.76. The van der Waals surface area contributed by atoms with Crippen LogP contribution in [0.25, 0.3) is 0 Å². The summed E-state index contributed by atoms with van der Waals surface area (Å²) < 4.78 is 10.5. The topological polar surface area (TPSA) is 47.6 Å². The van der Waals surface area contributed by atoms with Crippen LogP contribution in [-0.4, -0.2) is 20.1 Å². The van der Waals surface area contributed by atoms with Gasteiger partial charge in [-0.2, -0.15) is 0 Å². The number of ether oxygens (including phenoxy) is 2. The molecule has 1 atom stereocenters. The van der Waals surface area contributed by atoms with Gasteiger partial charge in [0.1, 0.15) is 11.5 Å². The minimum atomic E-state index is -0.183. The highest BCUT2D eigenvalue weighted by molar-refractivity contribution is 5.97. The zero-order valence-electron chi connectivity index (χ0n) is 13.8. The van der Waals surface area contributed by atoms with E-state index in [1.807, 2.05) is 30.3 Å². The van der Waals surface area contributed by atoms with E-state index in [0.717, 1.165) is 18.4 Å². The minimum absolute atomic E-state index is 0.0374. The van der Waals surface area contributed by atoms with Gasteiger partial charge in [0.05, 0.1) is 25.8 Å². The Morgan fingerprint density at radius 3 is 2.43 bits per heavy atom. The van der Waals surface area contributed by atoms with Crippen molar-refractivity contribution in [3.63, 3.8) is 0 Å². The second kappa shape index (κ2) is 8.22. The molecular weight excluding hydrogens is 290 g/mol. The molecule has 122 valence electrons. The van der Waals surface area contributed by atoms with Crippen LogP contribution in [0.5, 0.6) is 11.5 Å². The molecule has 0 saturated carbocycles. The number of benzene rings is 2. The summed E-state index contributed by atoms with van der Waals surface area (Å²) in [7, 11) is 3.18. The van der Waals surface area contributed by atoms with Gasteiger partial charge in [-0.25, -0.2) is 0 Å². The Labute approximate surface area is 137 Å². The molecule has 23 heavy (non-hydrogen) atoms. The van der Waals surface area contributed by atoms with E-state index in [1.54, 1.807) is 32.4 Å². The third kappa shape index (κ3) is 4.25. The van der Waals surface area contributed by atoms with E-state index in [-0.39, 0.29) is 11.8 Å². The fourth-order valence-corrected chi connectivity index (χ4v) is 2.55. The van der Waals surface area contributed by atoms with Gasteiger partial charge in [-0.3, -0.25) is 4.79 Å². The van der Waals surface area contributed by atoms with Crippen LogP contribution in [-0.2, 0) is 4.79 Å². The summed E-state index contributed by atoms with van der Waals surface area (Å²) in [5, 5.41) is 2.98. The quantitative estimate of drug-likeness (QED) is 0.832. The zero-order valence-corrected chi connectivity index (χ0v) is 13.8. The lowest BCUT2D eigenvalue weighted by molar-refractivity contribution is -0.117. The number of hydrogen-bond donors (Lipinski definition) is 1. The molecule has 0 aliphatic rings. The van der Waals surface area contributed by atoms with Crippen molar-refractivity contribution in [3.8, 4) is 11.5 Å². The molecule has 0 aliphatic heterocycles. The molecule has 2 aromatic rings. The van der Waals surface area contributed by atoms with Gasteiger partial charge in [0.25, 0.3) is 0 Å². The summed E-state index contributed by atoms with van der Waals surface area (Å²) >= 11 is 0. The van der Waals surface area contributed by atoms with Crippen LogP contribution in [0.3, 0.4) is 0 Å². The summed E-state index contributed by atoms with van der Waals surface area (Å²) in [5.41, 5.74) is 1.64. The molecule has 2 aromatic carbocycles. The highest BCUT2D eigenvalue weighted by Gasteiger charge is 2.21.